The molecule has 130 valence electrons. The third-order valence-electron chi connectivity index (χ3n) is 4.53. The molecule has 0 saturated carbocycles. The number of imidazole rings is 1. The molecule has 1 aromatic carbocycles. The molecule has 0 radical (unpaired) electrons. The van der Waals surface area contributed by atoms with Gasteiger partial charge in [0.15, 0.2) is 0 Å². The second-order valence-corrected chi connectivity index (χ2v) is 6.66. The van der Waals surface area contributed by atoms with E-state index in [1.807, 2.05) is 59.7 Å². The molecule has 0 unspecified atom stereocenters. The van der Waals surface area contributed by atoms with Crippen LogP contribution in [0.2, 0.25) is 0 Å². The van der Waals surface area contributed by atoms with Gasteiger partial charge in [0, 0.05) is 18.8 Å². The smallest absolute Gasteiger partial charge is 0.273 e. The Balaban J connectivity index is 2.05. The first kappa shape index (κ1) is 17.2. The molecule has 1 amide bonds. The number of carbonyl (C=O) groups excluding carboxylic acids is 1. The number of nitrogens with zero attached hydrogens (tertiary/aromatic N) is 3. The maximum atomic E-state index is 13.4. The van der Waals surface area contributed by atoms with E-state index in [9.17, 15) is 4.79 Å². The number of pyridine rings is 1. The van der Waals surface area contributed by atoms with E-state index >= 15 is 0 Å². The van der Waals surface area contributed by atoms with E-state index in [-0.39, 0.29) is 11.9 Å². The monoisotopic (exact) mass is 335 g/mol. The molecule has 0 aliphatic heterocycles. The molecular formula is C21H25N3O. The van der Waals surface area contributed by atoms with Crippen LogP contribution in [0, 0.1) is 6.92 Å². The summed E-state index contributed by atoms with van der Waals surface area (Å²) >= 11 is 0. The largest absolute Gasteiger partial charge is 0.331 e. The number of aryl methyl sites for hydroxylation is 2. The van der Waals surface area contributed by atoms with Gasteiger partial charge in [0.2, 0.25) is 0 Å². The summed E-state index contributed by atoms with van der Waals surface area (Å²) in [6, 6.07) is 14.2. The van der Waals surface area contributed by atoms with Crippen LogP contribution in [0.4, 0.5) is 0 Å². The minimum Gasteiger partial charge on any atom is -0.331 e. The van der Waals surface area contributed by atoms with Crippen LogP contribution in [0.15, 0.2) is 48.7 Å². The standard InChI is InChI=1S/C21H25N3O/c1-5-18-19(23-13-9-10-16(4)20(23)22-18)21(25)24(15(2)3)14-17-11-7-6-8-12-17/h6-13,15H,5,14H2,1-4H3. The van der Waals surface area contributed by atoms with Crippen LogP contribution in [0.1, 0.15) is 48.1 Å². The molecule has 4 nitrogen and oxygen atoms in total. The molecule has 0 aliphatic carbocycles. The van der Waals surface area contributed by atoms with Gasteiger partial charge in [-0.1, -0.05) is 43.3 Å². The summed E-state index contributed by atoms with van der Waals surface area (Å²) in [5, 5.41) is 0. The summed E-state index contributed by atoms with van der Waals surface area (Å²) in [5.41, 5.74) is 4.62. The Labute approximate surface area is 149 Å². The van der Waals surface area contributed by atoms with Crippen molar-refractivity contribution in [3.05, 3.63) is 71.2 Å². The highest BCUT2D eigenvalue weighted by Gasteiger charge is 2.25. The van der Waals surface area contributed by atoms with Gasteiger partial charge in [-0.2, -0.15) is 0 Å². The Bertz CT molecular complexity index is 881. The number of hydrogen-bond donors (Lipinski definition) is 0. The quantitative estimate of drug-likeness (QED) is 0.699. The fourth-order valence-electron chi connectivity index (χ4n) is 3.13. The van der Waals surface area contributed by atoms with E-state index in [2.05, 4.69) is 26.0 Å². The van der Waals surface area contributed by atoms with Crippen LogP contribution in [-0.2, 0) is 13.0 Å². The molecular weight excluding hydrogens is 310 g/mol. The van der Waals surface area contributed by atoms with Crippen LogP contribution in [0.5, 0.6) is 0 Å². The number of fused-ring (bicyclic) bond motifs is 1. The van der Waals surface area contributed by atoms with E-state index in [0.29, 0.717) is 12.2 Å². The third-order valence-corrected chi connectivity index (χ3v) is 4.53. The highest BCUT2D eigenvalue weighted by molar-refractivity contribution is 5.95. The van der Waals surface area contributed by atoms with Crippen LogP contribution in [-0.4, -0.2) is 26.2 Å². The fourth-order valence-corrected chi connectivity index (χ4v) is 3.13. The van der Waals surface area contributed by atoms with Gasteiger partial charge in [-0.25, -0.2) is 4.98 Å². The zero-order valence-electron chi connectivity index (χ0n) is 15.4. The predicted molar refractivity (Wildman–Crippen MR) is 101 cm³/mol. The van der Waals surface area contributed by atoms with Crippen LogP contribution < -0.4 is 0 Å². The minimum atomic E-state index is 0.0359. The van der Waals surface area contributed by atoms with Crippen LogP contribution >= 0.6 is 0 Å². The highest BCUT2D eigenvalue weighted by atomic mass is 16.2. The van der Waals surface area contributed by atoms with Gasteiger partial charge >= 0.3 is 0 Å². The average Bonchev–Trinajstić information content (AvgIpc) is 3.00. The lowest BCUT2D eigenvalue weighted by Gasteiger charge is -2.27. The first-order valence-electron chi connectivity index (χ1n) is 8.84. The SMILES string of the molecule is CCc1nc2c(C)cccn2c1C(=O)N(Cc1ccccc1)C(C)C. The van der Waals surface area contributed by atoms with Gasteiger partial charge in [0.05, 0.1) is 5.69 Å². The summed E-state index contributed by atoms with van der Waals surface area (Å²) in [6.45, 7) is 8.78. The second-order valence-electron chi connectivity index (χ2n) is 6.66. The van der Waals surface area contributed by atoms with Crippen molar-refractivity contribution >= 4 is 11.6 Å². The van der Waals surface area contributed by atoms with Crippen molar-refractivity contribution in [3.63, 3.8) is 0 Å². The fraction of sp³-hybridized carbons (Fsp3) is 0.333. The number of hydrogen-bond acceptors (Lipinski definition) is 2. The maximum absolute atomic E-state index is 13.4. The van der Waals surface area contributed by atoms with E-state index in [4.69, 9.17) is 4.98 Å². The second kappa shape index (κ2) is 7.09. The van der Waals surface area contributed by atoms with E-state index < -0.39 is 0 Å². The van der Waals surface area contributed by atoms with Gasteiger partial charge in [0.25, 0.3) is 5.91 Å². The third kappa shape index (κ3) is 3.29. The Hall–Kier alpha value is -2.62. The minimum absolute atomic E-state index is 0.0359. The Morgan fingerprint density at radius 1 is 1.16 bits per heavy atom. The normalized spacial score (nSPS) is 11.2. The van der Waals surface area contributed by atoms with Crippen molar-refractivity contribution < 1.29 is 4.79 Å². The number of rotatable bonds is 5. The van der Waals surface area contributed by atoms with Gasteiger partial charge in [-0.15, -0.1) is 0 Å². The van der Waals surface area contributed by atoms with Crippen molar-refractivity contribution in [3.8, 4) is 0 Å². The molecule has 0 aliphatic rings. The first-order chi connectivity index (χ1) is 12.0. The average molecular weight is 335 g/mol. The molecule has 2 heterocycles. The van der Waals surface area contributed by atoms with Crippen molar-refractivity contribution in [1.82, 2.24) is 14.3 Å². The summed E-state index contributed by atoms with van der Waals surface area (Å²) in [5.74, 6) is 0.0359. The van der Waals surface area contributed by atoms with E-state index in [0.717, 1.165) is 28.9 Å². The molecule has 0 atom stereocenters. The summed E-state index contributed by atoms with van der Waals surface area (Å²) in [4.78, 5) is 20.1. The van der Waals surface area contributed by atoms with E-state index in [1.165, 1.54) is 0 Å². The molecule has 3 aromatic rings. The zero-order chi connectivity index (χ0) is 18.0. The van der Waals surface area contributed by atoms with E-state index in [1.54, 1.807) is 0 Å². The van der Waals surface area contributed by atoms with Crippen molar-refractivity contribution in [2.75, 3.05) is 0 Å². The highest BCUT2D eigenvalue weighted by Crippen LogP contribution is 2.20. The Morgan fingerprint density at radius 3 is 2.52 bits per heavy atom. The number of benzene rings is 1. The molecule has 0 bridgehead atoms. The summed E-state index contributed by atoms with van der Waals surface area (Å²) in [7, 11) is 0. The lowest BCUT2D eigenvalue weighted by atomic mass is 10.1. The van der Waals surface area contributed by atoms with Crippen LogP contribution in [0.3, 0.4) is 0 Å². The summed E-state index contributed by atoms with van der Waals surface area (Å²) in [6.07, 6.45) is 2.67. The molecule has 0 fully saturated rings. The zero-order valence-corrected chi connectivity index (χ0v) is 15.4. The van der Waals surface area contributed by atoms with Crippen molar-refractivity contribution in [2.45, 2.75) is 46.7 Å². The number of carbonyl (C=O) groups is 1. The molecule has 0 N–H and O–H groups in total. The maximum Gasteiger partial charge on any atom is 0.273 e. The molecule has 25 heavy (non-hydrogen) atoms. The van der Waals surface area contributed by atoms with Gasteiger partial charge in [-0.05, 0) is 44.4 Å². The predicted octanol–water partition coefficient (Wildman–Crippen LogP) is 4.26. The summed E-state index contributed by atoms with van der Waals surface area (Å²) < 4.78 is 1.94. The van der Waals surface area contributed by atoms with Crippen molar-refractivity contribution in [2.24, 2.45) is 0 Å². The Morgan fingerprint density at radius 2 is 1.88 bits per heavy atom. The first-order valence-corrected chi connectivity index (χ1v) is 8.84. The van der Waals surface area contributed by atoms with Gasteiger partial charge in [0.1, 0.15) is 11.3 Å². The topological polar surface area (TPSA) is 37.6 Å². The molecule has 0 saturated heterocycles. The Kier molecular flexibility index (Phi) is 4.88. The van der Waals surface area contributed by atoms with Crippen molar-refractivity contribution in [1.29, 1.82) is 0 Å². The van der Waals surface area contributed by atoms with Gasteiger partial charge in [-0.3, -0.25) is 9.20 Å². The van der Waals surface area contributed by atoms with Crippen LogP contribution in [0.25, 0.3) is 5.65 Å². The molecule has 0 spiro atoms. The molecule has 2 aromatic heterocycles. The van der Waals surface area contributed by atoms with Gasteiger partial charge < -0.3 is 4.90 Å². The molecule has 3 rings (SSSR count). The lowest BCUT2D eigenvalue weighted by Crippen LogP contribution is -2.37. The number of amides is 1. The lowest BCUT2D eigenvalue weighted by molar-refractivity contribution is 0.0682. The number of aromatic nitrogens is 2. The molecule has 4 heteroatoms.